The SMILES string of the molecule is CCCC(C)n1cncc1C1CCCNC1. The van der Waals surface area contributed by atoms with E-state index in [0.717, 1.165) is 6.54 Å². The first-order chi connectivity index (χ1) is 7.83. The number of piperidine rings is 1. The molecule has 2 heterocycles. The van der Waals surface area contributed by atoms with Crippen molar-refractivity contribution in [3.05, 3.63) is 18.2 Å². The fourth-order valence-electron chi connectivity index (χ4n) is 2.66. The molecule has 0 aromatic carbocycles. The lowest BCUT2D eigenvalue weighted by Crippen LogP contribution is -2.29. The average Bonchev–Trinajstić information content (AvgIpc) is 2.79. The molecule has 3 heteroatoms. The maximum absolute atomic E-state index is 4.34. The van der Waals surface area contributed by atoms with Gasteiger partial charge in [0.15, 0.2) is 0 Å². The van der Waals surface area contributed by atoms with Gasteiger partial charge in [0.2, 0.25) is 0 Å². The zero-order valence-corrected chi connectivity index (χ0v) is 10.4. The van der Waals surface area contributed by atoms with Gasteiger partial charge in [-0.3, -0.25) is 0 Å². The Kier molecular flexibility index (Phi) is 3.99. The number of nitrogens with zero attached hydrogens (tertiary/aromatic N) is 2. The summed E-state index contributed by atoms with van der Waals surface area (Å²) in [5.74, 6) is 0.663. The maximum Gasteiger partial charge on any atom is 0.0950 e. The molecule has 1 aromatic rings. The third kappa shape index (κ3) is 2.46. The molecule has 0 spiro atoms. The van der Waals surface area contributed by atoms with Gasteiger partial charge in [-0.2, -0.15) is 0 Å². The Morgan fingerprint density at radius 2 is 2.50 bits per heavy atom. The topological polar surface area (TPSA) is 29.9 Å². The minimum Gasteiger partial charge on any atom is -0.332 e. The number of nitrogens with one attached hydrogen (secondary N) is 1. The van der Waals surface area contributed by atoms with E-state index < -0.39 is 0 Å². The molecule has 2 rings (SSSR count). The second-order valence-electron chi connectivity index (χ2n) is 4.91. The van der Waals surface area contributed by atoms with Crippen molar-refractivity contribution in [2.75, 3.05) is 13.1 Å². The van der Waals surface area contributed by atoms with Crippen LogP contribution >= 0.6 is 0 Å². The third-order valence-corrected chi connectivity index (χ3v) is 3.59. The molecule has 90 valence electrons. The third-order valence-electron chi connectivity index (χ3n) is 3.59. The smallest absolute Gasteiger partial charge is 0.0950 e. The number of hydrogen-bond donors (Lipinski definition) is 1. The first-order valence-electron chi connectivity index (χ1n) is 6.55. The summed E-state index contributed by atoms with van der Waals surface area (Å²) in [6.45, 7) is 6.83. The van der Waals surface area contributed by atoms with Gasteiger partial charge in [0.25, 0.3) is 0 Å². The molecule has 1 aliphatic rings. The Balaban J connectivity index is 2.11. The van der Waals surface area contributed by atoms with Gasteiger partial charge in [-0.1, -0.05) is 13.3 Å². The van der Waals surface area contributed by atoms with E-state index in [1.54, 1.807) is 0 Å². The van der Waals surface area contributed by atoms with Crippen molar-refractivity contribution in [3.8, 4) is 0 Å². The second-order valence-corrected chi connectivity index (χ2v) is 4.91. The highest BCUT2D eigenvalue weighted by Gasteiger charge is 2.20. The lowest BCUT2D eigenvalue weighted by molar-refractivity contribution is 0.414. The molecule has 2 atom stereocenters. The molecule has 1 fully saturated rings. The van der Waals surface area contributed by atoms with Crippen LogP contribution in [0, 0.1) is 0 Å². The van der Waals surface area contributed by atoms with Crippen LogP contribution in [-0.2, 0) is 0 Å². The molecular weight excluding hydrogens is 198 g/mol. The Hall–Kier alpha value is -0.830. The minimum atomic E-state index is 0.587. The van der Waals surface area contributed by atoms with Crippen LogP contribution < -0.4 is 5.32 Å². The van der Waals surface area contributed by atoms with Gasteiger partial charge in [0.05, 0.1) is 6.33 Å². The van der Waals surface area contributed by atoms with Gasteiger partial charge in [-0.25, -0.2) is 4.98 Å². The number of aromatic nitrogens is 2. The van der Waals surface area contributed by atoms with Crippen molar-refractivity contribution < 1.29 is 0 Å². The normalized spacial score (nSPS) is 23.2. The van der Waals surface area contributed by atoms with Crippen molar-refractivity contribution >= 4 is 0 Å². The molecule has 0 amide bonds. The largest absolute Gasteiger partial charge is 0.332 e. The Morgan fingerprint density at radius 3 is 3.19 bits per heavy atom. The van der Waals surface area contributed by atoms with E-state index in [4.69, 9.17) is 0 Å². The molecule has 2 unspecified atom stereocenters. The van der Waals surface area contributed by atoms with E-state index in [9.17, 15) is 0 Å². The standard InChI is InChI=1S/C13H23N3/c1-3-5-11(2)16-10-15-9-13(16)12-6-4-7-14-8-12/h9-12,14H,3-8H2,1-2H3. The van der Waals surface area contributed by atoms with Crippen LogP contribution in [0.4, 0.5) is 0 Å². The second kappa shape index (κ2) is 5.48. The van der Waals surface area contributed by atoms with E-state index in [1.807, 2.05) is 6.33 Å². The Morgan fingerprint density at radius 1 is 1.62 bits per heavy atom. The van der Waals surface area contributed by atoms with E-state index in [0.29, 0.717) is 12.0 Å². The summed E-state index contributed by atoms with van der Waals surface area (Å²) >= 11 is 0. The number of hydrogen-bond acceptors (Lipinski definition) is 2. The van der Waals surface area contributed by atoms with Gasteiger partial charge in [-0.15, -0.1) is 0 Å². The summed E-state index contributed by atoms with van der Waals surface area (Å²) < 4.78 is 2.38. The molecule has 0 bridgehead atoms. The monoisotopic (exact) mass is 221 g/mol. The molecular formula is C13H23N3. The van der Waals surface area contributed by atoms with Crippen molar-refractivity contribution in [3.63, 3.8) is 0 Å². The van der Waals surface area contributed by atoms with E-state index in [1.165, 1.54) is 37.9 Å². The lowest BCUT2D eigenvalue weighted by atomic mass is 9.96. The summed E-state index contributed by atoms with van der Waals surface area (Å²) in [5, 5.41) is 3.48. The fraction of sp³-hybridized carbons (Fsp3) is 0.769. The minimum absolute atomic E-state index is 0.587. The van der Waals surface area contributed by atoms with Crippen LogP contribution in [0.25, 0.3) is 0 Å². The molecule has 0 saturated carbocycles. The van der Waals surface area contributed by atoms with Crippen molar-refractivity contribution in [2.45, 2.75) is 51.5 Å². The predicted molar refractivity (Wildman–Crippen MR) is 66.7 cm³/mol. The molecule has 16 heavy (non-hydrogen) atoms. The first-order valence-corrected chi connectivity index (χ1v) is 6.55. The molecule has 1 N–H and O–H groups in total. The molecule has 1 aromatic heterocycles. The molecule has 1 saturated heterocycles. The fourth-order valence-corrected chi connectivity index (χ4v) is 2.66. The van der Waals surface area contributed by atoms with Crippen LogP contribution in [0.1, 0.15) is 57.2 Å². The van der Waals surface area contributed by atoms with Crippen molar-refractivity contribution in [1.29, 1.82) is 0 Å². The summed E-state index contributed by atoms with van der Waals surface area (Å²) in [6, 6.07) is 0.587. The molecule has 0 aliphatic carbocycles. The highest BCUT2D eigenvalue weighted by Crippen LogP contribution is 2.26. The van der Waals surface area contributed by atoms with Gasteiger partial charge in [0.1, 0.15) is 0 Å². The van der Waals surface area contributed by atoms with Crippen LogP contribution in [0.3, 0.4) is 0 Å². The molecule has 0 radical (unpaired) electrons. The Bertz CT molecular complexity index is 313. The maximum atomic E-state index is 4.34. The number of imidazole rings is 1. The molecule has 1 aliphatic heterocycles. The average molecular weight is 221 g/mol. The summed E-state index contributed by atoms with van der Waals surface area (Å²) in [4.78, 5) is 4.34. The zero-order valence-electron chi connectivity index (χ0n) is 10.4. The number of rotatable bonds is 4. The first kappa shape index (κ1) is 11.6. The Labute approximate surface area is 98.3 Å². The summed E-state index contributed by atoms with van der Waals surface area (Å²) in [7, 11) is 0. The van der Waals surface area contributed by atoms with Gasteiger partial charge in [-0.05, 0) is 32.7 Å². The van der Waals surface area contributed by atoms with Gasteiger partial charge < -0.3 is 9.88 Å². The van der Waals surface area contributed by atoms with Gasteiger partial charge in [0, 0.05) is 30.4 Å². The van der Waals surface area contributed by atoms with Crippen molar-refractivity contribution in [2.24, 2.45) is 0 Å². The summed E-state index contributed by atoms with van der Waals surface area (Å²) in [6.07, 6.45) is 9.13. The van der Waals surface area contributed by atoms with Gasteiger partial charge >= 0.3 is 0 Å². The van der Waals surface area contributed by atoms with Crippen LogP contribution in [-0.4, -0.2) is 22.6 Å². The quantitative estimate of drug-likeness (QED) is 0.847. The molecule has 3 nitrogen and oxygen atoms in total. The van der Waals surface area contributed by atoms with Crippen LogP contribution in [0.15, 0.2) is 12.5 Å². The lowest BCUT2D eigenvalue weighted by Gasteiger charge is -2.26. The highest BCUT2D eigenvalue weighted by molar-refractivity contribution is 5.09. The van der Waals surface area contributed by atoms with Crippen LogP contribution in [0.2, 0.25) is 0 Å². The summed E-state index contributed by atoms with van der Waals surface area (Å²) in [5.41, 5.74) is 1.42. The predicted octanol–water partition coefficient (Wildman–Crippen LogP) is 2.71. The van der Waals surface area contributed by atoms with Crippen molar-refractivity contribution in [1.82, 2.24) is 14.9 Å². The van der Waals surface area contributed by atoms with E-state index in [-0.39, 0.29) is 0 Å². The zero-order chi connectivity index (χ0) is 11.4. The van der Waals surface area contributed by atoms with E-state index >= 15 is 0 Å². The highest BCUT2D eigenvalue weighted by atomic mass is 15.1. The van der Waals surface area contributed by atoms with Crippen LogP contribution in [0.5, 0.6) is 0 Å². The van der Waals surface area contributed by atoms with E-state index in [2.05, 4.69) is 34.9 Å².